The van der Waals surface area contributed by atoms with E-state index in [4.69, 9.17) is 5.73 Å². The molecule has 2 aromatic carbocycles. The number of anilines is 2. The molecule has 1 aliphatic heterocycles. The second-order valence-corrected chi connectivity index (χ2v) is 7.08. The molecule has 3 rings (SSSR count). The van der Waals surface area contributed by atoms with Gasteiger partial charge in [0.1, 0.15) is 0 Å². The van der Waals surface area contributed by atoms with Crippen LogP contribution in [-0.2, 0) is 4.79 Å². The molecule has 0 bridgehead atoms. The zero-order chi connectivity index (χ0) is 19.4. The number of nitrogens with two attached hydrogens (primary N) is 1. The summed E-state index contributed by atoms with van der Waals surface area (Å²) in [5, 5.41) is 2.93. The number of piperazine rings is 1. The highest BCUT2D eigenvalue weighted by molar-refractivity contribution is 5.95. The van der Waals surface area contributed by atoms with Crippen molar-refractivity contribution in [3.63, 3.8) is 0 Å². The van der Waals surface area contributed by atoms with Crippen LogP contribution in [0.4, 0.5) is 11.4 Å². The maximum absolute atomic E-state index is 12.6. The smallest absolute Gasteiger partial charge is 0.282 e. The third-order valence-electron chi connectivity index (χ3n) is 5.30. The van der Waals surface area contributed by atoms with Crippen molar-refractivity contribution in [3.8, 4) is 0 Å². The normalized spacial score (nSPS) is 16.0. The first kappa shape index (κ1) is 18.9. The molecule has 1 atom stereocenters. The van der Waals surface area contributed by atoms with Gasteiger partial charge in [0.2, 0.25) is 5.91 Å². The van der Waals surface area contributed by atoms with Crippen LogP contribution >= 0.6 is 0 Å². The Balaban J connectivity index is 1.55. The quantitative estimate of drug-likeness (QED) is 0.732. The second kappa shape index (κ2) is 8.22. The van der Waals surface area contributed by atoms with Crippen molar-refractivity contribution in [1.29, 1.82) is 0 Å². The van der Waals surface area contributed by atoms with Crippen LogP contribution in [-0.4, -0.2) is 44.0 Å². The predicted octanol–water partition coefficient (Wildman–Crippen LogP) is 0.826. The van der Waals surface area contributed by atoms with Crippen molar-refractivity contribution in [2.45, 2.75) is 19.9 Å². The number of hydrogen-bond acceptors (Lipinski definition) is 3. The van der Waals surface area contributed by atoms with E-state index in [-0.39, 0.29) is 11.9 Å². The number of primary amides is 1. The summed E-state index contributed by atoms with van der Waals surface area (Å²) in [6.07, 6.45) is 0. The average molecular weight is 367 g/mol. The molecule has 0 saturated carbocycles. The zero-order valence-corrected chi connectivity index (χ0v) is 15.9. The minimum absolute atomic E-state index is 0.0128. The molecule has 1 saturated heterocycles. The largest absolute Gasteiger partial charge is 0.366 e. The van der Waals surface area contributed by atoms with Crippen molar-refractivity contribution in [2.24, 2.45) is 5.73 Å². The molecule has 0 unspecified atom stereocenters. The number of benzene rings is 2. The number of hydrogen-bond donors (Lipinski definition) is 3. The lowest BCUT2D eigenvalue weighted by Crippen LogP contribution is -3.19. The molecule has 27 heavy (non-hydrogen) atoms. The summed E-state index contributed by atoms with van der Waals surface area (Å²) in [6, 6.07) is 14.9. The molecule has 142 valence electrons. The average Bonchev–Trinajstić information content (AvgIpc) is 2.68. The lowest BCUT2D eigenvalue weighted by molar-refractivity contribution is -0.914. The summed E-state index contributed by atoms with van der Waals surface area (Å²) in [4.78, 5) is 27.4. The van der Waals surface area contributed by atoms with Crippen LogP contribution < -0.4 is 20.9 Å². The van der Waals surface area contributed by atoms with Crippen LogP contribution in [0, 0.1) is 6.92 Å². The lowest BCUT2D eigenvalue weighted by atomic mass is 10.1. The van der Waals surface area contributed by atoms with Gasteiger partial charge in [-0.25, -0.2) is 0 Å². The molecule has 1 heterocycles. The Labute approximate surface area is 159 Å². The van der Waals surface area contributed by atoms with Gasteiger partial charge in [0.25, 0.3) is 5.91 Å². The van der Waals surface area contributed by atoms with Gasteiger partial charge in [0.05, 0.1) is 26.2 Å². The predicted molar refractivity (Wildman–Crippen MR) is 107 cm³/mol. The molecule has 2 aromatic rings. The molecule has 0 aromatic heterocycles. The number of quaternary nitrogens is 1. The number of carbonyl (C=O) groups is 2. The first-order valence-electron chi connectivity index (χ1n) is 9.31. The minimum Gasteiger partial charge on any atom is -0.366 e. The number of nitrogens with one attached hydrogen (secondary N) is 2. The molecule has 4 N–H and O–H groups in total. The van der Waals surface area contributed by atoms with Gasteiger partial charge in [-0.05, 0) is 49.7 Å². The van der Waals surface area contributed by atoms with Crippen LogP contribution in [0.3, 0.4) is 0 Å². The zero-order valence-electron chi connectivity index (χ0n) is 15.9. The summed E-state index contributed by atoms with van der Waals surface area (Å²) in [5.74, 6) is -0.488. The van der Waals surface area contributed by atoms with E-state index in [1.165, 1.54) is 16.2 Å². The van der Waals surface area contributed by atoms with Gasteiger partial charge in [-0.2, -0.15) is 0 Å². The molecular weight excluding hydrogens is 340 g/mol. The molecule has 0 radical (unpaired) electrons. The van der Waals surface area contributed by atoms with Crippen LogP contribution in [0.15, 0.2) is 48.5 Å². The number of nitrogens with zero attached hydrogens (tertiary/aromatic N) is 1. The Kier molecular flexibility index (Phi) is 5.76. The molecule has 6 nitrogen and oxygen atoms in total. The lowest BCUT2D eigenvalue weighted by Gasteiger charge is -2.36. The fourth-order valence-corrected chi connectivity index (χ4v) is 3.54. The third-order valence-corrected chi connectivity index (χ3v) is 5.30. The van der Waals surface area contributed by atoms with E-state index in [1.807, 2.05) is 6.92 Å². The topological polar surface area (TPSA) is 79.9 Å². The first-order valence-corrected chi connectivity index (χ1v) is 9.31. The van der Waals surface area contributed by atoms with Gasteiger partial charge >= 0.3 is 0 Å². The Hall–Kier alpha value is -2.86. The Morgan fingerprint density at radius 3 is 2.30 bits per heavy atom. The second-order valence-electron chi connectivity index (χ2n) is 7.08. The van der Waals surface area contributed by atoms with E-state index in [1.54, 1.807) is 24.3 Å². The molecule has 0 spiro atoms. The SMILES string of the molecule is Cc1ccccc1N1CC[NH+]([C@H](C)C(=O)Nc2ccc(C(N)=O)cc2)CC1. The van der Waals surface area contributed by atoms with E-state index in [0.717, 1.165) is 26.2 Å². The van der Waals surface area contributed by atoms with Gasteiger partial charge in [0, 0.05) is 16.9 Å². The van der Waals surface area contributed by atoms with Crippen molar-refractivity contribution in [1.82, 2.24) is 0 Å². The number of amides is 2. The molecular formula is C21H27N4O2+. The van der Waals surface area contributed by atoms with E-state index in [0.29, 0.717) is 11.3 Å². The van der Waals surface area contributed by atoms with E-state index >= 15 is 0 Å². The highest BCUT2D eigenvalue weighted by Crippen LogP contribution is 2.19. The molecule has 2 amide bonds. The highest BCUT2D eigenvalue weighted by atomic mass is 16.2. The Morgan fingerprint density at radius 2 is 1.70 bits per heavy atom. The van der Waals surface area contributed by atoms with E-state index in [2.05, 4.69) is 41.4 Å². The van der Waals surface area contributed by atoms with Gasteiger partial charge < -0.3 is 20.9 Å². The molecule has 1 aliphatic rings. The van der Waals surface area contributed by atoms with E-state index < -0.39 is 5.91 Å². The first-order chi connectivity index (χ1) is 13.0. The van der Waals surface area contributed by atoms with Gasteiger partial charge in [-0.3, -0.25) is 9.59 Å². The highest BCUT2D eigenvalue weighted by Gasteiger charge is 2.29. The maximum Gasteiger partial charge on any atom is 0.282 e. The summed E-state index contributed by atoms with van der Waals surface area (Å²) in [7, 11) is 0. The van der Waals surface area contributed by atoms with Crippen molar-refractivity contribution in [3.05, 3.63) is 59.7 Å². The standard InChI is InChI=1S/C21H26N4O2/c1-15-5-3-4-6-19(15)25-13-11-24(12-14-25)16(2)21(27)23-18-9-7-17(8-10-18)20(22)26/h3-10,16H,11-14H2,1-2H3,(H2,22,26)(H,23,27)/p+1/t16-/m1/s1. The number of carbonyl (C=O) groups excluding carboxylic acids is 2. The third kappa shape index (κ3) is 4.46. The van der Waals surface area contributed by atoms with Crippen LogP contribution in [0.25, 0.3) is 0 Å². The van der Waals surface area contributed by atoms with Gasteiger partial charge in [-0.1, -0.05) is 18.2 Å². The van der Waals surface area contributed by atoms with Crippen LogP contribution in [0.1, 0.15) is 22.8 Å². The van der Waals surface area contributed by atoms with Gasteiger partial charge in [-0.15, -0.1) is 0 Å². The molecule has 1 fully saturated rings. The summed E-state index contributed by atoms with van der Waals surface area (Å²) in [6.45, 7) is 7.81. The van der Waals surface area contributed by atoms with Crippen molar-refractivity contribution >= 4 is 23.2 Å². The number of aryl methyl sites for hydroxylation is 1. The van der Waals surface area contributed by atoms with Crippen molar-refractivity contribution < 1.29 is 14.5 Å². The summed E-state index contributed by atoms with van der Waals surface area (Å²) < 4.78 is 0. The number of para-hydroxylation sites is 1. The monoisotopic (exact) mass is 367 g/mol. The molecule has 0 aliphatic carbocycles. The summed E-state index contributed by atoms with van der Waals surface area (Å²) >= 11 is 0. The fourth-order valence-electron chi connectivity index (χ4n) is 3.54. The maximum atomic E-state index is 12.6. The minimum atomic E-state index is -0.475. The number of rotatable bonds is 5. The van der Waals surface area contributed by atoms with Gasteiger partial charge in [0.15, 0.2) is 6.04 Å². The Morgan fingerprint density at radius 1 is 1.07 bits per heavy atom. The van der Waals surface area contributed by atoms with E-state index in [9.17, 15) is 9.59 Å². The fraction of sp³-hybridized carbons (Fsp3) is 0.333. The molecule has 6 heteroatoms. The van der Waals surface area contributed by atoms with Crippen LogP contribution in [0.2, 0.25) is 0 Å². The Bertz CT molecular complexity index is 811. The van der Waals surface area contributed by atoms with Crippen molar-refractivity contribution in [2.75, 3.05) is 36.4 Å². The summed E-state index contributed by atoms with van der Waals surface area (Å²) in [5.41, 5.74) is 8.91. The van der Waals surface area contributed by atoms with Crippen LogP contribution in [0.5, 0.6) is 0 Å².